The molecule has 0 spiro atoms. The Balaban J connectivity index is 2.49. The maximum Gasteiger partial charge on any atom is 0.190 e. The molecule has 0 aromatic heterocycles. The number of thioether (sulfide) groups is 2. The lowest BCUT2D eigenvalue weighted by Gasteiger charge is -2.09. The van der Waals surface area contributed by atoms with E-state index >= 15 is 0 Å². The average molecular weight is 264 g/mol. The summed E-state index contributed by atoms with van der Waals surface area (Å²) in [5, 5.41) is 0. The van der Waals surface area contributed by atoms with Crippen LogP contribution in [0.15, 0.2) is 34.1 Å². The number of hydrogen-bond acceptors (Lipinski definition) is 3. The molecule has 1 aromatic rings. The summed E-state index contributed by atoms with van der Waals surface area (Å²) in [7, 11) is 0. The minimum Gasteiger partial charge on any atom is -0.289 e. The second-order valence-electron chi connectivity index (χ2n) is 4.01. The predicted octanol–water partition coefficient (Wildman–Crippen LogP) is 4.14. The van der Waals surface area contributed by atoms with Crippen molar-refractivity contribution in [2.24, 2.45) is 0 Å². The fraction of sp³-hybridized carbons (Fsp3) is 0.357. The molecule has 0 N–H and O–H groups in total. The van der Waals surface area contributed by atoms with Crippen molar-refractivity contribution < 1.29 is 4.79 Å². The van der Waals surface area contributed by atoms with Crippen molar-refractivity contribution in [1.82, 2.24) is 0 Å². The van der Waals surface area contributed by atoms with Gasteiger partial charge in [0, 0.05) is 15.4 Å². The lowest BCUT2D eigenvalue weighted by molar-refractivity contribution is 0.103. The van der Waals surface area contributed by atoms with E-state index in [0.717, 1.165) is 30.4 Å². The fourth-order valence-electron chi connectivity index (χ4n) is 2.22. The van der Waals surface area contributed by atoms with Gasteiger partial charge in [-0.1, -0.05) is 24.3 Å². The van der Waals surface area contributed by atoms with Gasteiger partial charge in [0.25, 0.3) is 0 Å². The second kappa shape index (κ2) is 5.78. The van der Waals surface area contributed by atoms with E-state index in [1.54, 1.807) is 23.5 Å². The highest BCUT2D eigenvalue weighted by molar-refractivity contribution is 8.21. The molecule has 0 amide bonds. The van der Waals surface area contributed by atoms with Gasteiger partial charge in [-0.05, 0) is 37.3 Å². The maximum absolute atomic E-state index is 12.5. The van der Waals surface area contributed by atoms with Crippen molar-refractivity contribution in [2.75, 3.05) is 12.5 Å². The molecule has 0 bridgehead atoms. The largest absolute Gasteiger partial charge is 0.289 e. The van der Waals surface area contributed by atoms with E-state index < -0.39 is 0 Å². The Morgan fingerprint density at radius 2 is 1.82 bits per heavy atom. The van der Waals surface area contributed by atoms with Crippen LogP contribution in [0.3, 0.4) is 0 Å². The number of ketones is 1. The van der Waals surface area contributed by atoms with Crippen LogP contribution in [-0.4, -0.2) is 18.3 Å². The molecule has 0 aliphatic heterocycles. The first kappa shape index (κ1) is 12.8. The summed E-state index contributed by atoms with van der Waals surface area (Å²) in [6.45, 7) is 0. The van der Waals surface area contributed by atoms with Crippen molar-refractivity contribution in [3.8, 4) is 0 Å². The molecule has 1 aliphatic rings. The molecule has 0 unspecified atom stereocenters. The molecule has 0 atom stereocenters. The van der Waals surface area contributed by atoms with Gasteiger partial charge < -0.3 is 0 Å². The third-order valence-electron chi connectivity index (χ3n) is 3.03. The molecule has 1 nitrogen and oxygen atoms in total. The zero-order valence-corrected chi connectivity index (χ0v) is 11.8. The number of carbonyl (C=O) groups is 1. The third-order valence-corrected chi connectivity index (χ3v) is 5.26. The molecular weight excluding hydrogens is 248 g/mol. The van der Waals surface area contributed by atoms with Crippen molar-refractivity contribution in [3.63, 3.8) is 0 Å². The van der Waals surface area contributed by atoms with Gasteiger partial charge in [0.05, 0.1) is 0 Å². The number of fused-ring (bicyclic) bond motifs is 1. The molecule has 1 aliphatic carbocycles. The van der Waals surface area contributed by atoms with Crippen LogP contribution in [0.5, 0.6) is 0 Å². The zero-order chi connectivity index (χ0) is 12.3. The predicted molar refractivity (Wildman–Crippen MR) is 77.8 cm³/mol. The highest BCUT2D eigenvalue weighted by Gasteiger charge is 2.22. The first-order valence-electron chi connectivity index (χ1n) is 5.71. The second-order valence-corrected chi connectivity index (χ2v) is 5.91. The summed E-state index contributed by atoms with van der Waals surface area (Å²) in [5.41, 5.74) is 3.12. The van der Waals surface area contributed by atoms with E-state index in [2.05, 4.69) is 6.07 Å². The molecule has 3 heteroatoms. The van der Waals surface area contributed by atoms with Crippen LogP contribution >= 0.6 is 23.5 Å². The summed E-state index contributed by atoms with van der Waals surface area (Å²) in [4.78, 5) is 12.5. The van der Waals surface area contributed by atoms with Gasteiger partial charge in [0.1, 0.15) is 0 Å². The van der Waals surface area contributed by atoms with Crippen LogP contribution in [0.4, 0.5) is 0 Å². The Hall–Kier alpha value is -0.670. The van der Waals surface area contributed by atoms with Crippen molar-refractivity contribution in [3.05, 3.63) is 45.2 Å². The molecule has 0 fully saturated rings. The minimum absolute atomic E-state index is 0.233. The van der Waals surface area contributed by atoms with Gasteiger partial charge in [-0.3, -0.25) is 4.79 Å². The van der Waals surface area contributed by atoms with Crippen LogP contribution < -0.4 is 0 Å². The summed E-state index contributed by atoms with van der Waals surface area (Å²) in [5.74, 6) is 0.233. The van der Waals surface area contributed by atoms with Gasteiger partial charge in [-0.25, -0.2) is 0 Å². The van der Waals surface area contributed by atoms with Gasteiger partial charge in [0.15, 0.2) is 5.78 Å². The summed E-state index contributed by atoms with van der Waals surface area (Å²) in [6, 6.07) is 8.01. The molecule has 0 radical (unpaired) electrons. The summed E-state index contributed by atoms with van der Waals surface area (Å²) >= 11 is 3.37. The summed E-state index contributed by atoms with van der Waals surface area (Å²) in [6.07, 6.45) is 7.08. The molecule has 0 saturated carbocycles. The number of allylic oxidation sites excluding steroid dienone is 1. The van der Waals surface area contributed by atoms with Crippen LogP contribution in [0.25, 0.3) is 0 Å². The van der Waals surface area contributed by atoms with Crippen molar-refractivity contribution >= 4 is 29.3 Å². The van der Waals surface area contributed by atoms with E-state index in [9.17, 15) is 4.79 Å². The van der Waals surface area contributed by atoms with Crippen LogP contribution in [0.2, 0.25) is 0 Å². The number of rotatable bonds is 2. The Kier molecular flexibility index (Phi) is 4.35. The monoisotopic (exact) mass is 264 g/mol. The molecular formula is C14H16OS2. The minimum atomic E-state index is 0.233. The molecule has 0 saturated heterocycles. The Labute approximate surface area is 111 Å². The first-order chi connectivity index (χ1) is 8.27. The van der Waals surface area contributed by atoms with Gasteiger partial charge >= 0.3 is 0 Å². The topological polar surface area (TPSA) is 17.1 Å². The van der Waals surface area contributed by atoms with E-state index in [1.165, 1.54) is 9.80 Å². The SMILES string of the molecule is CSC(SC)=C1CCCc2ccccc2C1=O. The lowest BCUT2D eigenvalue weighted by Crippen LogP contribution is -2.04. The lowest BCUT2D eigenvalue weighted by atomic mass is 10.0. The molecule has 90 valence electrons. The van der Waals surface area contributed by atoms with Gasteiger partial charge in [0.2, 0.25) is 0 Å². The van der Waals surface area contributed by atoms with Crippen LogP contribution in [0.1, 0.15) is 28.8 Å². The Morgan fingerprint density at radius 3 is 2.53 bits per heavy atom. The van der Waals surface area contributed by atoms with E-state index in [1.807, 2.05) is 30.7 Å². The molecule has 1 aromatic carbocycles. The molecule has 2 rings (SSSR count). The normalized spacial score (nSPS) is 15.4. The Bertz CT molecular complexity index is 457. The number of Topliss-reactive ketones (excluding diaryl/α,β-unsaturated/α-hetero) is 1. The number of carbonyl (C=O) groups excluding carboxylic acids is 1. The van der Waals surface area contributed by atoms with E-state index in [4.69, 9.17) is 0 Å². The smallest absolute Gasteiger partial charge is 0.190 e. The zero-order valence-electron chi connectivity index (χ0n) is 10.2. The standard InChI is InChI=1S/C14H16OS2/c1-16-14(17-2)12-9-5-7-10-6-3-4-8-11(10)13(12)15/h3-4,6,8H,5,7,9H2,1-2H3. The van der Waals surface area contributed by atoms with Gasteiger partial charge in [-0.2, -0.15) is 0 Å². The molecule has 17 heavy (non-hydrogen) atoms. The van der Waals surface area contributed by atoms with Crippen molar-refractivity contribution in [1.29, 1.82) is 0 Å². The first-order valence-corrected chi connectivity index (χ1v) is 8.16. The summed E-state index contributed by atoms with van der Waals surface area (Å²) < 4.78 is 1.17. The van der Waals surface area contributed by atoms with E-state index in [0.29, 0.717) is 0 Å². The van der Waals surface area contributed by atoms with Gasteiger partial charge in [-0.15, -0.1) is 23.5 Å². The van der Waals surface area contributed by atoms with Crippen LogP contribution in [0, 0.1) is 0 Å². The van der Waals surface area contributed by atoms with Crippen molar-refractivity contribution in [2.45, 2.75) is 19.3 Å². The highest BCUT2D eigenvalue weighted by Crippen LogP contribution is 2.34. The maximum atomic E-state index is 12.5. The fourth-order valence-corrected chi connectivity index (χ4v) is 3.77. The number of benzene rings is 1. The van der Waals surface area contributed by atoms with Crippen LogP contribution in [-0.2, 0) is 6.42 Å². The molecule has 0 heterocycles. The Morgan fingerprint density at radius 1 is 1.12 bits per heavy atom. The average Bonchev–Trinajstić information content (AvgIpc) is 2.53. The number of aryl methyl sites for hydroxylation is 1. The quantitative estimate of drug-likeness (QED) is 0.590. The van der Waals surface area contributed by atoms with E-state index in [-0.39, 0.29) is 5.78 Å². The third kappa shape index (κ3) is 2.61. The number of hydrogen-bond donors (Lipinski definition) is 0. The highest BCUT2D eigenvalue weighted by atomic mass is 32.2.